The van der Waals surface area contributed by atoms with Gasteiger partial charge in [0, 0.05) is 5.02 Å². The third-order valence-corrected chi connectivity index (χ3v) is 3.82. The first-order valence-electron chi connectivity index (χ1n) is 5.30. The van der Waals surface area contributed by atoms with Crippen molar-refractivity contribution in [2.24, 2.45) is 5.84 Å². The number of aromatic nitrogens is 2. The maximum Gasteiger partial charge on any atom is 0.127 e. The number of nitrogens with zero attached hydrogens (tertiary/aromatic N) is 2. The molecule has 0 fully saturated rings. The fraction of sp³-hybridized carbons (Fsp3) is 0.273. The molecule has 0 amide bonds. The van der Waals surface area contributed by atoms with E-state index < -0.39 is 0 Å². The lowest BCUT2D eigenvalue weighted by molar-refractivity contribution is 0.533. The Bertz CT molecular complexity index is 546. The minimum Gasteiger partial charge on any atom is -0.271 e. The molecule has 96 valence electrons. The van der Waals surface area contributed by atoms with Gasteiger partial charge in [0.2, 0.25) is 0 Å². The number of nitrogens with one attached hydrogen (secondary N) is 1. The molecule has 1 unspecified atom stereocenters. The van der Waals surface area contributed by atoms with Crippen LogP contribution in [0.15, 0.2) is 18.2 Å². The molecule has 1 heterocycles. The van der Waals surface area contributed by atoms with Gasteiger partial charge in [-0.1, -0.05) is 22.2 Å². The third-order valence-electron chi connectivity index (χ3n) is 2.64. The second kappa shape index (κ2) is 5.71. The predicted molar refractivity (Wildman–Crippen MR) is 69.8 cm³/mol. The SMILES string of the molecule is Cc1nnsc1C(Cc1ccc(Cl)cc1F)NN. The Morgan fingerprint density at radius 3 is 2.89 bits per heavy atom. The second-order valence-electron chi connectivity index (χ2n) is 3.88. The van der Waals surface area contributed by atoms with Crippen molar-refractivity contribution in [2.45, 2.75) is 19.4 Å². The largest absolute Gasteiger partial charge is 0.271 e. The molecule has 2 aromatic rings. The van der Waals surface area contributed by atoms with Gasteiger partial charge >= 0.3 is 0 Å². The van der Waals surface area contributed by atoms with Crippen LogP contribution in [0.3, 0.4) is 0 Å². The molecule has 1 atom stereocenters. The molecule has 0 saturated carbocycles. The zero-order valence-corrected chi connectivity index (χ0v) is 11.2. The maximum atomic E-state index is 13.7. The Morgan fingerprint density at radius 2 is 2.33 bits per heavy atom. The van der Waals surface area contributed by atoms with Gasteiger partial charge in [0.1, 0.15) is 5.82 Å². The molecule has 0 bridgehead atoms. The first kappa shape index (κ1) is 13.4. The van der Waals surface area contributed by atoms with E-state index >= 15 is 0 Å². The van der Waals surface area contributed by atoms with Gasteiger partial charge in [0.05, 0.1) is 16.6 Å². The van der Waals surface area contributed by atoms with Crippen molar-refractivity contribution in [2.75, 3.05) is 0 Å². The van der Waals surface area contributed by atoms with Crippen LogP contribution >= 0.6 is 23.1 Å². The summed E-state index contributed by atoms with van der Waals surface area (Å²) in [6.07, 6.45) is 0.421. The van der Waals surface area contributed by atoms with E-state index in [1.54, 1.807) is 12.1 Å². The van der Waals surface area contributed by atoms with Crippen molar-refractivity contribution in [3.05, 3.63) is 45.2 Å². The molecule has 3 N–H and O–H groups in total. The zero-order valence-electron chi connectivity index (χ0n) is 9.65. The van der Waals surface area contributed by atoms with Gasteiger partial charge in [-0.15, -0.1) is 5.10 Å². The molecule has 0 aliphatic heterocycles. The Morgan fingerprint density at radius 1 is 1.56 bits per heavy atom. The highest BCUT2D eigenvalue weighted by Crippen LogP contribution is 2.25. The molecule has 0 spiro atoms. The lowest BCUT2D eigenvalue weighted by Gasteiger charge is -2.14. The number of hydrogen-bond donors (Lipinski definition) is 2. The van der Waals surface area contributed by atoms with E-state index in [4.69, 9.17) is 17.4 Å². The van der Waals surface area contributed by atoms with Crippen LogP contribution in [0.2, 0.25) is 5.02 Å². The molecular formula is C11H12ClFN4S. The van der Waals surface area contributed by atoms with Gasteiger partial charge < -0.3 is 0 Å². The quantitative estimate of drug-likeness (QED) is 0.669. The Hall–Kier alpha value is -1.08. The first-order chi connectivity index (χ1) is 8.61. The normalized spacial score (nSPS) is 12.7. The fourth-order valence-electron chi connectivity index (χ4n) is 1.69. The summed E-state index contributed by atoms with van der Waals surface area (Å²) in [5.41, 5.74) is 4.02. The van der Waals surface area contributed by atoms with E-state index in [0.29, 0.717) is 17.0 Å². The zero-order chi connectivity index (χ0) is 13.1. The fourth-order valence-corrected chi connectivity index (χ4v) is 2.55. The molecule has 1 aromatic heterocycles. The molecule has 0 aliphatic rings. The molecular weight excluding hydrogens is 275 g/mol. The first-order valence-corrected chi connectivity index (χ1v) is 6.46. The van der Waals surface area contributed by atoms with Crippen molar-refractivity contribution < 1.29 is 4.39 Å². The monoisotopic (exact) mass is 286 g/mol. The summed E-state index contributed by atoms with van der Waals surface area (Å²) >= 11 is 6.97. The predicted octanol–water partition coefficient (Wildman–Crippen LogP) is 2.39. The van der Waals surface area contributed by atoms with Crippen LogP contribution in [0, 0.1) is 12.7 Å². The smallest absolute Gasteiger partial charge is 0.127 e. The van der Waals surface area contributed by atoms with Crippen LogP contribution in [0.25, 0.3) is 0 Å². The van der Waals surface area contributed by atoms with Gasteiger partial charge in [-0.25, -0.2) is 4.39 Å². The van der Waals surface area contributed by atoms with E-state index in [0.717, 1.165) is 10.6 Å². The molecule has 18 heavy (non-hydrogen) atoms. The number of hydrogen-bond acceptors (Lipinski definition) is 5. The Kier molecular flexibility index (Phi) is 4.23. The molecule has 0 aliphatic carbocycles. The lowest BCUT2D eigenvalue weighted by atomic mass is 10.0. The van der Waals surface area contributed by atoms with Gasteiger partial charge in [-0.05, 0) is 42.6 Å². The molecule has 2 rings (SSSR count). The number of aryl methyl sites for hydroxylation is 1. The lowest BCUT2D eigenvalue weighted by Crippen LogP contribution is -2.29. The summed E-state index contributed by atoms with van der Waals surface area (Å²) in [4.78, 5) is 0.909. The highest BCUT2D eigenvalue weighted by molar-refractivity contribution is 7.05. The Balaban J connectivity index is 2.23. The summed E-state index contributed by atoms with van der Waals surface area (Å²) in [6, 6.07) is 4.40. The standard InChI is InChI=1S/C11H12ClFN4S/c1-6-11(18-17-16-6)10(15-14)4-7-2-3-8(12)5-9(7)13/h2-3,5,10,15H,4,14H2,1H3. The molecule has 0 saturated heterocycles. The summed E-state index contributed by atoms with van der Waals surface area (Å²) in [5, 5.41) is 4.30. The number of benzene rings is 1. The third kappa shape index (κ3) is 2.84. The van der Waals surface area contributed by atoms with Crippen molar-refractivity contribution in [3.8, 4) is 0 Å². The van der Waals surface area contributed by atoms with Gasteiger partial charge in [0.15, 0.2) is 0 Å². The van der Waals surface area contributed by atoms with Crippen LogP contribution in [0.1, 0.15) is 22.2 Å². The van der Waals surface area contributed by atoms with Crippen LogP contribution in [0.4, 0.5) is 4.39 Å². The maximum absolute atomic E-state index is 13.7. The van der Waals surface area contributed by atoms with Gasteiger partial charge in [-0.3, -0.25) is 11.3 Å². The second-order valence-corrected chi connectivity index (χ2v) is 5.10. The minimum absolute atomic E-state index is 0.208. The highest BCUT2D eigenvalue weighted by atomic mass is 35.5. The van der Waals surface area contributed by atoms with E-state index in [-0.39, 0.29) is 11.9 Å². The van der Waals surface area contributed by atoms with Crippen LogP contribution < -0.4 is 11.3 Å². The van der Waals surface area contributed by atoms with Crippen LogP contribution in [-0.2, 0) is 6.42 Å². The van der Waals surface area contributed by atoms with E-state index in [9.17, 15) is 4.39 Å². The van der Waals surface area contributed by atoms with E-state index in [1.807, 2.05) is 6.92 Å². The Labute approximate surface area is 113 Å². The number of nitrogens with two attached hydrogens (primary N) is 1. The average Bonchev–Trinajstić information content (AvgIpc) is 2.75. The summed E-state index contributed by atoms with van der Waals surface area (Å²) < 4.78 is 17.6. The highest BCUT2D eigenvalue weighted by Gasteiger charge is 2.18. The van der Waals surface area contributed by atoms with E-state index in [1.165, 1.54) is 17.6 Å². The summed E-state index contributed by atoms with van der Waals surface area (Å²) in [6.45, 7) is 1.85. The van der Waals surface area contributed by atoms with Gasteiger partial charge in [-0.2, -0.15) is 0 Å². The molecule has 1 aromatic carbocycles. The van der Waals surface area contributed by atoms with Crippen molar-refractivity contribution in [3.63, 3.8) is 0 Å². The molecule has 7 heteroatoms. The summed E-state index contributed by atoms with van der Waals surface area (Å²) in [5.74, 6) is 5.18. The number of rotatable bonds is 4. The average molecular weight is 287 g/mol. The number of hydrazine groups is 1. The topological polar surface area (TPSA) is 63.8 Å². The van der Waals surface area contributed by atoms with Crippen molar-refractivity contribution in [1.82, 2.24) is 15.0 Å². The summed E-state index contributed by atoms with van der Waals surface area (Å²) in [7, 11) is 0. The van der Waals surface area contributed by atoms with Crippen molar-refractivity contribution >= 4 is 23.1 Å². The number of halogens is 2. The van der Waals surface area contributed by atoms with Crippen LogP contribution in [0.5, 0.6) is 0 Å². The molecule has 4 nitrogen and oxygen atoms in total. The molecule has 0 radical (unpaired) electrons. The van der Waals surface area contributed by atoms with E-state index in [2.05, 4.69) is 15.0 Å². The van der Waals surface area contributed by atoms with Crippen LogP contribution in [-0.4, -0.2) is 9.59 Å². The van der Waals surface area contributed by atoms with Crippen molar-refractivity contribution in [1.29, 1.82) is 0 Å². The van der Waals surface area contributed by atoms with Gasteiger partial charge in [0.25, 0.3) is 0 Å². The minimum atomic E-state index is -0.335.